The number of fused-ring (bicyclic) bond motifs is 1. The van der Waals surface area contributed by atoms with Gasteiger partial charge in [0.05, 0.1) is 11.1 Å². The molecule has 10 nitrogen and oxygen atoms in total. The number of phenols is 1. The Hall–Kier alpha value is -5.45. The maximum Gasteiger partial charge on any atom is 0.262 e. The smallest absolute Gasteiger partial charge is 0.262 e. The lowest BCUT2D eigenvalue weighted by atomic mass is 9.88. The van der Waals surface area contributed by atoms with Crippen LogP contribution in [0, 0.1) is 5.92 Å². The van der Waals surface area contributed by atoms with E-state index in [2.05, 4.69) is 69.0 Å². The Labute approximate surface area is 338 Å². The van der Waals surface area contributed by atoms with Gasteiger partial charge in [0.2, 0.25) is 11.8 Å². The molecule has 0 spiro atoms. The van der Waals surface area contributed by atoms with E-state index in [0.717, 1.165) is 97.7 Å². The summed E-state index contributed by atoms with van der Waals surface area (Å²) >= 11 is 6.36. The third kappa shape index (κ3) is 8.34. The van der Waals surface area contributed by atoms with Gasteiger partial charge in [-0.2, -0.15) is 0 Å². The standard InChI is InChI=1S/C46H48ClN5O5/c47-23-20-38(31-5-2-1-3-6-31)43(33-10-15-37(53)16-11-33)32-8-13-36(14-9-32)51-25-21-30(22-26-51)28-50-24-4-7-35(29-50)48-34-12-17-39-40(27-34)46(57)52(45(39)56)41-18-19-42(54)49-44(41)55/h1-3,5-6,8-17,27,30,35,41,48,53H,4,7,18-26,28-29H2,(H,49,54,55). The third-order valence-corrected chi connectivity index (χ3v) is 12.1. The van der Waals surface area contributed by atoms with Crippen LogP contribution >= 0.6 is 11.6 Å². The predicted octanol–water partition coefficient (Wildman–Crippen LogP) is 7.17. The van der Waals surface area contributed by atoms with Crippen molar-refractivity contribution in [1.82, 2.24) is 15.1 Å². The van der Waals surface area contributed by atoms with Crippen molar-refractivity contribution in [3.8, 4) is 5.75 Å². The zero-order valence-electron chi connectivity index (χ0n) is 32.0. The zero-order valence-corrected chi connectivity index (χ0v) is 32.7. The van der Waals surface area contributed by atoms with Crippen molar-refractivity contribution < 1.29 is 24.3 Å². The number of nitrogens with zero attached hydrogens (tertiary/aromatic N) is 3. The highest BCUT2D eigenvalue weighted by molar-refractivity contribution is 6.23. The summed E-state index contributed by atoms with van der Waals surface area (Å²) in [5.74, 6) is -0.626. The molecule has 2 atom stereocenters. The summed E-state index contributed by atoms with van der Waals surface area (Å²) in [7, 11) is 0. The summed E-state index contributed by atoms with van der Waals surface area (Å²) in [5.41, 5.74) is 8.18. The van der Waals surface area contributed by atoms with Crippen LogP contribution in [0.25, 0.3) is 11.1 Å². The number of phenolic OH excluding ortho intramolecular Hbond substituents is 1. The number of aromatic hydroxyl groups is 1. The quantitative estimate of drug-likeness (QED) is 0.0832. The van der Waals surface area contributed by atoms with Gasteiger partial charge in [0.15, 0.2) is 0 Å². The van der Waals surface area contributed by atoms with E-state index in [9.17, 15) is 24.3 Å². The van der Waals surface area contributed by atoms with Crippen LogP contribution in [0.5, 0.6) is 5.75 Å². The number of anilines is 2. The SMILES string of the molecule is O=C1CCC(N2C(=O)c3ccc(NC4CCCN(CC5CCN(c6ccc(C(=C(CCCl)c7ccccc7)c7ccc(O)cc7)cc6)CC5)C4)cc3C2=O)C(=O)N1. The van der Waals surface area contributed by atoms with Gasteiger partial charge in [-0.25, -0.2) is 0 Å². The molecule has 57 heavy (non-hydrogen) atoms. The second-order valence-electron chi connectivity index (χ2n) is 15.6. The molecule has 4 aliphatic heterocycles. The highest BCUT2D eigenvalue weighted by Crippen LogP contribution is 2.37. The predicted molar refractivity (Wildman–Crippen MR) is 223 cm³/mol. The molecule has 11 heteroatoms. The highest BCUT2D eigenvalue weighted by atomic mass is 35.5. The van der Waals surface area contributed by atoms with E-state index in [4.69, 9.17) is 11.6 Å². The molecule has 4 aromatic carbocycles. The fraction of sp³-hybridized carbons (Fsp3) is 0.348. The Morgan fingerprint density at radius 3 is 2.18 bits per heavy atom. The molecule has 0 bridgehead atoms. The number of allylic oxidation sites excluding steroid dienone is 1. The lowest BCUT2D eigenvalue weighted by Crippen LogP contribution is -2.54. The largest absolute Gasteiger partial charge is 0.508 e. The first-order chi connectivity index (χ1) is 27.7. The van der Waals surface area contributed by atoms with Crippen LogP contribution in [0.1, 0.15) is 82.4 Å². The topological polar surface area (TPSA) is 122 Å². The summed E-state index contributed by atoms with van der Waals surface area (Å²) in [6, 6.07) is 31.2. The highest BCUT2D eigenvalue weighted by Gasteiger charge is 2.44. The number of rotatable bonds is 11. The van der Waals surface area contributed by atoms with E-state index in [1.165, 1.54) is 11.3 Å². The van der Waals surface area contributed by atoms with Gasteiger partial charge in [-0.15, -0.1) is 11.6 Å². The molecule has 2 unspecified atom stereocenters. The minimum atomic E-state index is -0.973. The third-order valence-electron chi connectivity index (χ3n) is 11.9. The molecule has 294 valence electrons. The van der Waals surface area contributed by atoms with E-state index in [1.54, 1.807) is 24.3 Å². The van der Waals surface area contributed by atoms with E-state index >= 15 is 0 Å². The van der Waals surface area contributed by atoms with Crippen LogP contribution in [0.2, 0.25) is 0 Å². The fourth-order valence-corrected chi connectivity index (χ4v) is 9.19. The number of halogens is 1. The van der Waals surface area contributed by atoms with Gasteiger partial charge in [-0.05, 0) is 121 Å². The van der Waals surface area contributed by atoms with Gasteiger partial charge < -0.3 is 20.2 Å². The second-order valence-corrected chi connectivity index (χ2v) is 16.0. The number of benzene rings is 4. The summed E-state index contributed by atoms with van der Waals surface area (Å²) < 4.78 is 0. The molecular formula is C46H48ClN5O5. The van der Waals surface area contributed by atoms with Crippen molar-refractivity contribution in [2.24, 2.45) is 5.92 Å². The van der Waals surface area contributed by atoms with Crippen molar-refractivity contribution in [2.45, 2.75) is 57.0 Å². The van der Waals surface area contributed by atoms with Gasteiger partial charge in [-0.1, -0.05) is 54.6 Å². The average Bonchev–Trinajstić information content (AvgIpc) is 3.47. The Morgan fingerprint density at radius 2 is 1.47 bits per heavy atom. The monoisotopic (exact) mass is 785 g/mol. The number of amides is 4. The van der Waals surface area contributed by atoms with Crippen LogP contribution in [0.3, 0.4) is 0 Å². The van der Waals surface area contributed by atoms with Gasteiger partial charge in [-0.3, -0.25) is 29.4 Å². The van der Waals surface area contributed by atoms with Crippen LogP contribution in [-0.4, -0.2) is 89.2 Å². The Bertz CT molecular complexity index is 2170. The van der Waals surface area contributed by atoms with Gasteiger partial charge in [0.1, 0.15) is 11.8 Å². The molecule has 0 aromatic heterocycles. The van der Waals surface area contributed by atoms with Gasteiger partial charge in [0, 0.05) is 55.9 Å². The minimum absolute atomic E-state index is 0.0941. The number of carbonyl (C=O) groups is 4. The summed E-state index contributed by atoms with van der Waals surface area (Å²) in [6.45, 7) is 5.01. The number of likely N-dealkylation sites (tertiary alicyclic amines) is 1. The molecule has 4 amide bonds. The van der Waals surface area contributed by atoms with E-state index in [-0.39, 0.29) is 36.1 Å². The van der Waals surface area contributed by atoms with Crippen LogP contribution in [0.4, 0.5) is 11.4 Å². The fourth-order valence-electron chi connectivity index (χ4n) is 9.00. The maximum atomic E-state index is 13.4. The lowest BCUT2D eigenvalue weighted by Gasteiger charge is -2.39. The Kier molecular flexibility index (Phi) is 11.4. The van der Waals surface area contributed by atoms with E-state index in [1.807, 2.05) is 24.3 Å². The average molecular weight is 786 g/mol. The number of hydrogen-bond acceptors (Lipinski definition) is 8. The number of hydrogen-bond donors (Lipinski definition) is 3. The molecule has 4 aliphatic rings. The second kappa shape index (κ2) is 17.0. The van der Waals surface area contributed by atoms with Crippen LogP contribution in [0.15, 0.2) is 97.1 Å². The molecule has 3 saturated heterocycles. The number of imide groups is 2. The first-order valence-electron chi connectivity index (χ1n) is 20.1. The molecule has 4 aromatic rings. The Morgan fingerprint density at radius 1 is 0.772 bits per heavy atom. The summed E-state index contributed by atoms with van der Waals surface area (Å²) in [4.78, 5) is 56.7. The minimum Gasteiger partial charge on any atom is -0.508 e. The van der Waals surface area contributed by atoms with E-state index < -0.39 is 23.8 Å². The van der Waals surface area contributed by atoms with E-state index in [0.29, 0.717) is 17.4 Å². The zero-order chi connectivity index (χ0) is 39.5. The van der Waals surface area contributed by atoms with Crippen LogP contribution in [-0.2, 0) is 9.59 Å². The van der Waals surface area contributed by atoms with Crippen molar-refractivity contribution in [3.05, 3.63) is 125 Å². The molecule has 0 radical (unpaired) electrons. The first kappa shape index (κ1) is 38.4. The lowest BCUT2D eigenvalue weighted by molar-refractivity contribution is -0.136. The molecule has 0 aliphatic carbocycles. The number of carbonyl (C=O) groups excluding carboxylic acids is 4. The van der Waals surface area contributed by atoms with Gasteiger partial charge in [0.25, 0.3) is 11.8 Å². The van der Waals surface area contributed by atoms with Crippen molar-refractivity contribution in [2.75, 3.05) is 48.8 Å². The maximum absolute atomic E-state index is 13.4. The first-order valence-corrected chi connectivity index (χ1v) is 20.6. The summed E-state index contributed by atoms with van der Waals surface area (Å²) in [5, 5.41) is 15.9. The van der Waals surface area contributed by atoms with Crippen molar-refractivity contribution >= 4 is 57.8 Å². The van der Waals surface area contributed by atoms with Crippen molar-refractivity contribution in [3.63, 3.8) is 0 Å². The summed E-state index contributed by atoms with van der Waals surface area (Å²) in [6.07, 6.45) is 5.28. The van der Waals surface area contributed by atoms with Crippen molar-refractivity contribution in [1.29, 1.82) is 0 Å². The Balaban J connectivity index is 0.875. The number of piperidine rings is 3. The number of nitrogens with one attached hydrogen (secondary N) is 2. The van der Waals surface area contributed by atoms with Gasteiger partial charge >= 0.3 is 0 Å². The molecule has 3 fully saturated rings. The molecule has 4 heterocycles. The molecule has 8 rings (SSSR count). The molecule has 0 saturated carbocycles. The normalized spacial score (nSPS) is 21.0. The molecular weight excluding hydrogens is 738 g/mol. The molecule has 3 N–H and O–H groups in total. The van der Waals surface area contributed by atoms with Crippen LogP contribution < -0.4 is 15.5 Å². The number of alkyl halides is 1.